The number of nitrogens with two attached hydrogens (primary N) is 1. The molecule has 11 heteroatoms. The number of carbonyl (C=O) groups excluding carboxylic acids is 4. The second-order valence-corrected chi connectivity index (χ2v) is 10.4. The van der Waals surface area contributed by atoms with Crippen LogP contribution in [0.5, 0.6) is 5.75 Å². The molecule has 4 atom stereocenters. The molecule has 0 saturated heterocycles. The number of aromatic hydroxyl groups is 1. The molecule has 0 radical (unpaired) electrons. The molecule has 3 aliphatic rings. The molecule has 6 N–H and O–H groups in total. The SMILES string of the molecule is CN(C)CCC(=O)c1ccc(O)c2c1C[C@H]1C[C@H]3[C@H](N(C)C)C(=O)C(C(N)=O)=C(O)[C@@]3(O)C(=O)C1=C2O. The van der Waals surface area contributed by atoms with Crippen LogP contribution < -0.4 is 5.73 Å². The molecule has 1 amide bonds. The number of phenols is 1. The van der Waals surface area contributed by atoms with E-state index < -0.39 is 58.0 Å². The molecule has 37 heavy (non-hydrogen) atoms. The van der Waals surface area contributed by atoms with Gasteiger partial charge in [0.15, 0.2) is 17.2 Å². The number of carbonyl (C=O) groups is 4. The van der Waals surface area contributed by atoms with Gasteiger partial charge in [0.05, 0.1) is 11.6 Å². The Hall–Kier alpha value is -3.54. The number of aliphatic hydroxyl groups excluding tert-OH is 2. The number of benzene rings is 1. The highest BCUT2D eigenvalue weighted by molar-refractivity contribution is 6.24. The fourth-order valence-corrected chi connectivity index (χ4v) is 5.97. The maximum absolute atomic E-state index is 13.8. The van der Waals surface area contributed by atoms with E-state index in [1.54, 1.807) is 0 Å². The largest absolute Gasteiger partial charge is 0.508 e. The zero-order valence-corrected chi connectivity index (χ0v) is 21.1. The number of phenolic OH excluding ortho intramolecular Hbond substituents is 1. The van der Waals surface area contributed by atoms with Gasteiger partial charge in [-0.2, -0.15) is 0 Å². The first-order valence-electron chi connectivity index (χ1n) is 11.9. The van der Waals surface area contributed by atoms with Gasteiger partial charge in [-0.15, -0.1) is 0 Å². The molecule has 1 saturated carbocycles. The number of hydrogen-bond acceptors (Lipinski definition) is 10. The van der Waals surface area contributed by atoms with Crippen molar-refractivity contribution in [3.05, 3.63) is 45.7 Å². The minimum atomic E-state index is -2.70. The highest BCUT2D eigenvalue weighted by Gasteiger charge is 2.64. The van der Waals surface area contributed by atoms with E-state index in [0.29, 0.717) is 17.7 Å². The highest BCUT2D eigenvalue weighted by atomic mass is 16.3. The quantitative estimate of drug-likeness (QED) is 0.258. The van der Waals surface area contributed by atoms with Crippen molar-refractivity contribution in [2.24, 2.45) is 17.6 Å². The molecule has 0 bridgehead atoms. The van der Waals surface area contributed by atoms with Crippen LogP contribution >= 0.6 is 0 Å². The topological polar surface area (TPSA) is 182 Å². The average molecular weight is 514 g/mol. The Kier molecular flexibility index (Phi) is 6.51. The lowest BCUT2D eigenvalue weighted by atomic mass is 9.57. The molecule has 0 aromatic heterocycles. The van der Waals surface area contributed by atoms with Gasteiger partial charge in [-0.1, -0.05) is 0 Å². The van der Waals surface area contributed by atoms with Crippen molar-refractivity contribution in [2.45, 2.75) is 30.9 Å². The Bertz CT molecular complexity index is 1290. The first kappa shape index (κ1) is 26.5. The summed E-state index contributed by atoms with van der Waals surface area (Å²) in [6, 6.07) is 1.57. The lowest BCUT2D eigenvalue weighted by molar-refractivity contribution is -0.153. The average Bonchev–Trinajstić information content (AvgIpc) is 2.79. The van der Waals surface area contributed by atoms with E-state index in [4.69, 9.17) is 5.73 Å². The molecule has 1 aromatic carbocycles. The molecule has 1 fully saturated rings. The van der Waals surface area contributed by atoms with E-state index in [9.17, 15) is 39.6 Å². The number of hydrogen-bond donors (Lipinski definition) is 5. The van der Waals surface area contributed by atoms with Crippen molar-refractivity contribution in [2.75, 3.05) is 34.7 Å². The van der Waals surface area contributed by atoms with Gasteiger partial charge in [0.25, 0.3) is 5.91 Å². The van der Waals surface area contributed by atoms with Crippen LogP contribution in [0.25, 0.3) is 5.76 Å². The van der Waals surface area contributed by atoms with Crippen LogP contribution in [-0.4, -0.2) is 99.9 Å². The first-order valence-corrected chi connectivity index (χ1v) is 11.9. The predicted octanol–water partition coefficient (Wildman–Crippen LogP) is 0.0984. The number of rotatable bonds is 6. The molecule has 4 rings (SSSR count). The van der Waals surface area contributed by atoms with E-state index in [-0.39, 0.29) is 41.9 Å². The summed E-state index contributed by atoms with van der Waals surface area (Å²) < 4.78 is 0. The molecule has 1 aromatic rings. The van der Waals surface area contributed by atoms with Crippen molar-refractivity contribution in [1.29, 1.82) is 0 Å². The minimum Gasteiger partial charge on any atom is -0.508 e. The van der Waals surface area contributed by atoms with Gasteiger partial charge in [-0.25, -0.2) is 0 Å². The Morgan fingerprint density at radius 3 is 2.32 bits per heavy atom. The molecule has 198 valence electrons. The summed E-state index contributed by atoms with van der Waals surface area (Å²) in [5.41, 5.74) is 2.09. The monoisotopic (exact) mass is 513 g/mol. The third kappa shape index (κ3) is 3.85. The third-order valence-corrected chi connectivity index (χ3v) is 7.69. The molecular formula is C26H31N3O8. The fraction of sp³-hybridized carbons (Fsp3) is 0.462. The van der Waals surface area contributed by atoms with Crippen LogP contribution in [-0.2, 0) is 20.8 Å². The lowest BCUT2D eigenvalue weighted by Gasteiger charge is -2.50. The van der Waals surface area contributed by atoms with Gasteiger partial charge in [-0.3, -0.25) is 24.1 Å². The van der Waals surface area contributed by atoms with E-state index >= 15 is 0 Å². The van der Waals surface area contributed by atoms with Crippen molar-refractivity contribution >= 4 is 29.0 Å². The summed E-state index contributed by atoms with van der Waals surface area (Å²) in [5.74, 6) is -7.41. The number of fused-ring (bicyclic) bond motifs is 3. The summed E-state index contributed by atoms with van der Waals surface area (Å²) in [6.45, 7) is 0.485. The molecule has 0 unspecified atom stereocenters. The standard InChI is InChI=1S/C26H31N3O8/c1-28(2)8-7-15(30)12-5-6-16(31)18-13(12)9-11-10-14-20(29(3)4)22(33)19(25(27)36)24(35)26(14,37)23(34)17(11)21(18)32/h5-6,11,14,20,31-32,35,37H,7-10H2,1-4H3,(H2,27,36)/t11-,14-,20-,26-/m0/s1. The third-order valence-electron chi connectivity index (χ3n) is 7.69. The summed E-state index contributed by atoms with van der Waals surface area (Å²) in [6.07, 6.45) is 0.234. The smallest absolute Gasteiger partial charge is 0.255 e. The zero-order valence-electron chi connectivity index (χ0n) is 21.1. The van der Waals surface area contributed by atoms with Gasteiger partial charge in [0.1, 0.15) is 22.8 Å². The highest BCUT2D eigenvalue weighted by Crippen LogP contribution is 2.53. The lowest BCUT2D eigenvalue weighted by Crippen LogP contribution is -2.65. The van der Waals surface area contributed by atoms with Crippen molar-refractivity contribution in [3.63, 3.8) is 0 Å². The predicted molar refractivity (Wildman–Crippen MR) is 132 cm³/mol. The summed E-state index contributed by atoms with van der Waals surface area (Å²) >= 11 is 0. The normalized spacial score (nSPS) is 27.4. The molecule has 0 aliphatic heterocycles. The van der Waals surface area contributed by atoms with E-state index in [2.05, 4.69) is 0 Å². The number of ketones is 3. The number of nitrogens with zero attached hydrogens (tertiary/aromatic N) is 2. The molecule has 0 heterocycles. The maximum Gasteiger partial charge on any atom is 0.255 e. The molecule has 0 spiro atoms. The van der Waals surface area contributed by atoms with Crippen LogP contribution in [0, 0.1) is 11.8 Å². The van der Waals surface area contributed by atoms with Crippen molar-refractivity contribution in [3.8, 4) is 5.75 Å². The van der Waals surface area contributed by atoms with Crippen LogP contribution in [0.1, 0.15) is 34.3 Å². The zero-order chi connectivity index (χ0) is 27.6. The number of amides is 1. The van der Waals surface area contributed by atoms with E-state index in [1.807, 2.05) is 19.0 Å². The van der Waals surface area contributed by atoms with Gasteiger partial charge in [0, 0.05) is 30.0 Å². The Balaban J connectivity index is 1.91. The second-order valence-electron chi connectivity index (χ2n) is 10.4. The number of aliphatic hydroxyl groups is 3. The maximum atomic E-state index is 13.8. The summed E-state index contributed by atoms with van der Waals surface area (Å²) in [4.78, 5) is 55.3. The van der Waals surface area contributed by atoms with Crippen LogP contribution in [0.15, 0.2) is 29.0 Å². The van der Waals surface area contributed by atoms with Gasteiger partial charge < -0.3 is 31.1 Å². The molecule has 3 aliphatic carbocycles. The first-order chi connectivity index (χ1) is 17.2. The Labute approximate surface area is 213 Å². The number of likely N-dealkylation sites (N-methyl/N-ethyl adjacent to an activating group) is 1. The summed E-state index contributed by atoms with van der Waals surface area (Å²) in [5, 5.41) is 44.3. The van der Waals surface area contributed by atoms with E-state index in [1.165, 1.54) is 31.1 Å². The molecular weight excluding hydrogens is 482 g/mol. The van der Waals surface area contributed by atoms with Crippen molar-refractivity contribution < 1.29 is 39.6 Å². The van der Waals surface area contributed by atoms with Crippen LogP contribution in [0.2, 0.25) is 0 Å². The summed E-state index contributed by atoms with van der Waals surface area (Å²) in [7, 11) is 6.73. The van der Waals surface area contributed by atoms with Crippen LogP contribution in [0.3, 0.4) is 0 Å². The Morgan fingerprint density at radius 2 is 1.76 bits per heavy atom. The van der Waals surface area contributed by atoms with Gasteiger partial charge in [0.2, 0.25) is 5.78 Å². The fourth-order valence-electron chi connectivity index (χ4n) is 5.97. The van der Waals surface area contributed by atoms with Crippen LogP contribution in [0.4, 0.5) is 0 Å². The number of primary amides is 1. The van der Waals surface area contributed by atoms with Crippen molar-refractivity contribution in [1.82, 2.24) is 9.80 Å². The number of Topliss-reactive ketones (excluding diaryl/α,β-unsaturated/α-hetero) is 3. The Morgan fingerprint density at radius 1 is 1.11 bits per heavy atom. The van der Waals surface area contributed by atoms with Gasteiger partial charge in [-0.05, 0) is 64.6 Å². The van der Waals surface area contributed by atoms with E-state index in [0.717, 1.165) is 0 Å². The van der Waals surface area contributed by atoms with Gasteiger partial charge >= 0.3 is 0 Å². The minimum absolute atomic E-state index is 0.0350. The second kappa shape index (κ2) is 9.09. The molecule has 11 nitrogen and oxygen atoms in total.